The fourth-order valence-corrected chi connectivity index (χ4v) is 4.80. The first-order valence-corrected chi connectivity index (χ1v) is 11.7. The molecule has 0 N–H and O–H groups in total. The molecule has 0 saturated carbocycles. The van der Waals surface area contributed by atoms with Gasteiger partial charge in [0.25, 0.3) is 0 Å². The fourth-order valence-electron chi connectivity index (χ4n) is 3.96. The lowest BCUT2D eigenvalue weighted by Gasteiger charge is -2.29. The van der Waals surface area contributed by atoms with Crippen LogP contribution in [0.15, 0.2) is 29.4 Å². The van der Waals surface area contributed by atoms with Crippen molar-refractivity contribution in [2.45, 2.75) is 63.7 Å². The fraction of sp³-hybridized carbons (Fsp3) is 0.591. The smallest absolute Gasteiger partial charge is 0.237 e. The van der Waals surface area contributed by atoms with Crippen LogP contribution >= 0.6 is 11.8 Å². The standard InChI is InChI=1S/C22H33N5OS/c1-5-7-14-27-21(18(6-2)25(3)4)23-24-22(27)29-16-20(28)26-15-10-12-17-11-8-9-13-19(17)26/h8-9,11,13,18H,5-7,10,12,14-16H2,1-4H3. The largest absolute Gasteiger partial charge is 0.311 e. The number of anilines is 1. The molecule has 2 heterocycles. The average molecular weight is 416 g/mol. The van der Waals surface area contributed by atoms with Crippen molar-refractivity contribution in [3.05, 3.63) is 35.7 Å². The molecule has 0 saturated heterocycles. The summed E-state index contributed by atoms with van der Waals surface area (Å²) < 4.78 is 2.22. The molecule has 2 aromatic rings. The summed E-state index contributed by atoms with van der Waals surface area (Å²) in [6.07, 6.45) is 5.24. The molecule has 1 amide bonds. The number of amides is 1. The highest BCUT2D eigenvalue weighted by Crippen LogP contribution is 2.29. The van der Waals surface area contributed by atoms with Crippen LogP contribution in [0, 0.1) is 0 Å². The van der Waals surface area contributed by atoms with Crippen LogP contribution in [0.4, 0.5) is 5.69 Å². The van der Waals surface area contributed by atoms with Gasteiger partial charge in [-0.15, -0.1) is 10.2 Å². The summed E-state index contributed by atoms with van der Waals surface area (Å²) in [5.74, 6) is 1.54. The van der Waals surface area contributed by atoms with Gasteiger partial charge in [0.05, 0.1) is 11.8 Å². The molecular weight excluding hydrogens is 382 g/mol. The van der Waals surface area contributed by atoms with Crippen LogP contribution in [0.3, 0.4) is 0 Å². The molecule has 1 aromatic heterocycles. The number of aromatic nitrogens is 3. The molecule has 158 valence electrons. The summed E-state index contributed by atoms with van der Waals surface area (Å²) in [6.45, 7) is 6.06. The number of fused-ring (bicyclic) bond motifs is 1. The summed E-state index contributed by atoms with van der Waals surface area (Å²) >= 11 is 1.51. The molecule has 0 radical (unpaired) electrons. The first-order valence-electron chi connectivity index (χ1n) is 10.7. The van der Waals surface area contributed by atoms with Gasteiger partial charge in [0.2, 0.25) is 5.91 Å². The zero-order valence-electron chi connectivity index (χ0n) is 18.1. The van der Waals surface area contributed by atoms with Gasteiger partial charge < -0.3 is 9.47 Å². The second-order valence-electron chi connectivity index (χ2n) is 7.80. The highest BCUT2D eigenvalue weighted by atomic mass is 32.2. The van der Waals surface area contributed by atoms with Crippen LogP contribution in [0.5, 0.6) is 0 Å². The number of thioether (sulfide) groups is 1. The van der Waals surface area contributed by atoms with Gasteiger partial charge in [-0.3, -0.25) is 9.69 Å². The normalized spacial score (nSPS) is 14.9. The maximum Gasteiger partial charge on any atom is 0.237 e. The van der Waals surface area contributed by atoms with E-state index in [1.165, 1.54) is 17.3 Å². The quantitative estimate of drug-likeness (QED) is 0.576. The van der Waals surface area contributed by atoms with Crippen molar-refractivity contribution in [1.82, 2.24) is 19.7 Å². The Bertz CT molecular complexity index is 819. The molecule has 1 aromatic carbocycles. The van der Waals surface area contributed by atoms with E-state index in [1.807, 2.05) is 17.0 Å². The number of hydrogen-bond donors (Lipinski definition) is 0. The SMILES string of the molecule is CCCCn1c(SCC(=O)N2CCCc3ccccc32)nnc1C(CC)N(C)C. The second kappa shape index (κ2) is 10.3. The topological polar surface area (TPSA) is 54.3 Å². The average Bonchev–Trinajstić information content (AvgIpc) is 3.12. The highest BCUT2D eigenvalue weighted by molar-refractivity contribution is 7.99. The summed E-state index contributed by atoms with van der Waals surface area (Å²) in [4.78, 5) is 17.1. The highest BCUT2D eigenvalue weighted by Gasteiger charge is 2.25. The van der Waals surface area contributed by atoms with Crippen LogP contribution in [0.2, 0.25) is 0 Å². The number of carbonyl (C=O) groups is 1. The summed E-state index contributed by atoms with van der Waals surface area (Å²) in [5, 5.41) is 9.83. The van der Waals surface area contributed by atoms with Crippen LogP contribution in [0.25, 0.3) is 0 Å². The van der Waals surface area contributed by atoms with Gasteiger partial charge in [0.1, 0.15) is 0 Å². The summed E-state index contributed by atoms with van der Waals surface area (Å²) in [5.41, 5.74) is 2.33. The van der Waals surface area contributed by atoms with Crippen molar-refractivity contribution >= 4 is 23.4 Å². The molecule has 0 spiro atoms. The van der Waals surface area contributed by atoms with E-state index in [9.17, 15) is 4.79 Å². The Kier molecular flexibility index (Phi) is 7.72. The van der Waals surface area contributed by atoms with Gasteiger partial charge >= 0.3 is 0 Å². The Labute approximate surface area is 178 Å². The van der Waals surface area contributed by atoms with Crippen molar-refractivity contribution in [1.29, 1.82) is 0 Å². The second-order valence-corrected chi connectivity index (χ2v) is 8.74. The first kappa shape index (κ1) is 21.8. The molecule has 3 rings (SSSR count). The Morgan fingerprint density at radius 1 is 1.24 bits per heavy atom. The van der Waals surface area contributed by atoms with Gasteiger partial charge in [0, 0.05) is 18.8 Å². The minimum absolute atomic E-state index is 0.147. The predicted molar refractivity (Wildman–Crippen MR) is 119 cm³/mol. The third-order valence-electron chi connectivity index (χ3n) is 5.52. The van der Waals surface area contributed by atoms with Crippen molar-refractivity contribution < 1.29 is 4.79 Å². The van der Waals surface area contributed by atoms with E-state index in [2.05, 4.69) is 59.7 Å². The number of aryl methyl sites for hydroxylation is 1. The van der Waals surface area contributed by atoms with Gasteiger partial charge in [-0.2, -0.15) is 0 Å². The van der Waals surface area contributed by atoms with Crippen molar-refractivity contribution in [3.63, 3.8) is 0 Å². The van der Waals surface area contributed by atoms with E-state index >= 15 is 0 Å². The van der Waals surface area contributed by atoms with Crippen molar-refractivity contribution in [3.8, 4) is 0 Å². The van der Waals surface area contributed by atoms with Crippen LogP contribution < -0.4 is 4.90 Å². The Hall–Kier alpha value is -1.86. The number of nitrogens with zero attached hydrogens (tertiary/aromatic N) is 5. The van der Waals surface area contributed by atoms with E-state index in [-0.39, 0.29) is 11.9 Å². The van der Waals surface area contributed by atoms with E-state index in [4.69, 9.17) is 0 Å². The van der Waals surface area contributed by atoms with E-state index in [0.29, 0.717) is 5.75 Å². The monoisotopic (exact) mass is 415 g/mol. The summed E-state index contributed by atoms with van der Waals surface area (Å²) in [7, 11) is 4.16. The Balaban J connectivity index is 1.75. The van der Waals surface area contributed by atoms with Crippen molar-refractivity contribution in [2.24, 2.45) is 0 Å². The number of hydrogen-bond acceptors (Lipinski definition) is 5. The van der Waals surface area contributed by atoms with Gasteiger partial charge in [-0.25, -0.2) is 0 Å². The zero-order valence-corrected chi connectivity index (χ0v) is 18.9. The van der Waals surface area contributed by atoms with Gasteiger partial charge in [-0.05, 0) is 51.4 Å². The van der Waals surface area contributed by atoms with E-state index in [1.54, 1.807) is 0 Å². The number of carbonyl (C=O) groups excluding carboxylic acids is 1. The lowest BCUT2D eigenvalue weighted by molar-refractivity contribution is -0.116. The molecule has 0 fully saturated rings. The molecule has 1 atom stereocenters. The van der Waals surface area contributed by atoms with Crippen LogP contribution in [-0.2, 0) is 17.8 Å². The molecule has 1 unspecified atom stereocenters. The summed E-state index contributed by atoms with van der Waals surface area (Å²) in [6, 6.07) is 8.48. The minimum atomic E-state index is 0.147. The molecule has 0 aliphatic carbocycles. The molecular formula is C22H33N5OS. The molecule has 29 heavy (non-hydrogen) atoms. The third kappa shape index (κ3) is 5.01. The molecule has 6 nitrogen and oxygen atoms in total. The number of rotatable bonds is 9. The Morgan fingerprint density at radius 3 is 2.76 bits per heavy atom. The molecule has 1 aliphatic rings. The van der Waals surface area contributed by atoms with Crippen LogP contribution in [-0.4, -0.2) is 52.0 Å². The zero-order chi connectivity index (χ0) is 20.8. The van der Waals surface area contributed by atoms with E-state index < -0.39 is 0 Å². The first-order chi connectivity index (χ1) is 14.1. The predicted octanol–water partition coefficient (Wildman–Crippen LogP) is 4.16. The third-order valence-corrected chi connectivity index (χ3v) is 6.48. The number of unbranched alkanes of at least 4 members (excludes halogenated alkanes) is 1. The Morgan fingerprint density at radius 2 is 2.03 bits per heavy atom. The number of para-hydroxylation sites is 1. The molecule has 0 bridgehead atoms. The van der Waals surface area contributed by atoms with Gasteiger partial charge in [0.15, 0.2) is 11.0 Å². The molecule has 7 heteroatoms. The number of benzene rings is 1. The maximum absolute atomic E-state index is 13.0. The van der Waals surface area contributed by atoms with E-state index in [0.717, 1.165) is 61.9 Å². The maximum atomic E-state index is 13.0. The lowest BCUT2D eigenvalue weighted by Crippen LogP contribution is -2.36. The van der Waals surface area contributed by atoms with Gasteiger partial charge in [-0.1, -0.05) is 50.2 Å². The minimum Gasteiger partial charge on any atom is -0.311 e. The lowest BCUT2D eigenvalue weighted by atomic mass is 10.0. The van der Waals surface area contributed by atoms with Crippen molar-refractivity contribution in [2.75, 3.05) is 31.3 Å². The molecule has 1 aliphatic heterocycles. The van der Waals surface area contributed by atoms with Crippen LogP contribution in [0.1, 0.15) is 57.0 Å².